The molecule has 2 aromatic rings. The fourth-order valence-electron chi connectivity index (χ4n) is 2.11. The van der Waals surface area contributed by atoms with Crippen molar-refractivity contribution in [3.8, 4) is 0 Å². The van der Waals surface area contributed by atoms with E-state index in [-0.39, 0.29) is 0 Å². The van der Waals surface area contributed by atoms with Gasteiger partial charge in [-0.3, -0.25) is 0 Å². The van der Waals surface area contributed by atoms with Gasteiger partial charge in [0.15, 0.2) is 5.82 Å². The summed E-state index contributed by atoms with van der Waals surface area (Å²) in [6.07, 6.45) is 2.30. The summed E-state index contributed by atoms with van der Waals surface area (Å²) < 4.78 is 0. The summed E-state index contributed by atoms with van der Waals surface area (Å²) in [5, 5.41) is 16.0. The van der Waals surface area contributed by atoms with Gasteiger partial charge in [-0.15, -0.1) is 10.2 Å². The minimum absolute atomic E-state index is 0.291. The van der Waals surface area contributed by atoms with E-state index in [0.29, 0.717) is 12.6 Å². The van der Waals surface area contributed by atoms with E-state index < -0.39 is 0 Å². The molecular formula is C12H15N5. The van der Waals surface area contributed by atoms with Crippen LogP contribution in [-0.2, 0) is 6.54 Å². The quantitative estimate of drug-likeness (QED) is 0.857. The van der Waals surface area contributed by atoms with Crippen molar-refractivity contribution in [1.82, 2.24) is 25.5 Å². The average Bonchev–Trinajstić information content (AvgIpc) is 3.00. The molecule has 5 heteroatoms. The normalized spacial score (nSPS) is 19.6. The van der Waals surface area contributed by atoms with Gasteiger partial charge in [-0.25, -0.2) is 0 Å². The third kappa shape index (κ3) is 2.34. The second kappa shape index (κ2) is 4.63. The molecule has 3 rings (SSSR count). The number of nitrogens with zero attached hydrogens (tertiary/aromatic N) is 4. The predicted molar refractivity (Wildman–Crippen MR) is 63.3 cm³/mol. The number of tetrazole rings is 1. The maximum absolute atomic E-state index is 4.42. The molecule has 1 aliphatic heterocycles. The molecule has 1 N–H and O–H groups in total. The summed E-state index contributed by atoms with van der Waals surface area (Å²) in [5.41, 5.74) is 1.19. The van der Waals surface area contributed by atoms with Crippen molar-refractivity contribution in [1.29, 1.82) is 0 Å². The second-order valence-corrected chi connectivity index (χ2v) is 4.31. The van der Waals surface area contributed by atoms with Gasteiger partial charge in [0, 0.05) is 0 Å². The van der Waals surface area contributed by atoms with Crippen LogP contribution in [0.4, 0.5) is 0 Å². The van der Waals surface area contributed by atoms with E-state index in [4.69, 9.17) is 0 Å². The first-order chi connectivity index (χ1) is 8.42. The van der Waals surface area contributed by atoms with E-state index in [2.05, 4.69) is 32.9 Å². The van der Waals surface area contributed by atoms with Crippen molar-refractivity contribution >= 4 is 0 Å². The molecule has 1 fully saturated rings. The Morgan fingerprint density at radius 2 is 2.18 bits per heavy atom. The van der Waals surface area contributed by atoms with E-state index >= 15 is 0 Å². The van der Waals surface area contributed by atoms with Crippen molar-refractivity contribution < 1.29 is 0 Å². The molecule has 1 aromatic carbocycles. The van der Waals surface area contributed by atoms with Crippen molar-refractivity contribution in [2.45, 2.75) is 25.4 Å². The number of hydrogen-bond acceptors (Lipinski definition) is 4. The molecular weight excluding hydrogens is 214 g/mol. The summed E-state index contributed by atoms with van der Waals surface area (Å²) in [4.78, 5) is 1.66. The van der Waals surface area contributed by atoms with Gasteiger partial charge < -0.3 is 5.32 Å². The lowest BCUT2D eigenvalue weighted by Crippen LogP contribution is -2.14. The lowest BCUT2D eigenvalue weighted by Gasteiger charge is -2.02. The highest BCUT2D eigenvalue weighted by Gasteiger charge is 2.20. The van der Waals surface area contributed by atoms with Crippen LogP contribution >= 0.6 is 0 Å². The molecule has 1 saturated heterocycles. The number of rotatable bonds is 3. The zero-order chi connectivity index (χ0) is 11.5. The minimum atomic E-state index is 0.291. The predicted octanol–water partition coefficient (Wildman–Crippen LogP) is 1.15. The molecule has 0 aliphatic carbocycles. The van der Waals surface area contributed by atoms with E-state index in [1.807, 2.05) is 18.2 Å². The van der Waals surface area contributed by atoms with Crippen LogP contribution in [0.2, 0.25) is 0 Å². The van der Waals surface area contributed by atoms with Crippen molar-refractivity contribution in [2.75, 3.05) is 6.54 Å². The van der Waals surface area contributed by atoms with Gasteiger partial charge in [0.05, 0.1) is 12.6 Å². The van der Waals surface area contributed by atoms with Crippen LogP contribution in [0.3, 0.4) is 0 Å². The van der Waals surface area contributed by atoms with E-state index in [0.717, 1.165) is 18.8 Å². The third-order valence-electron chi connectivity index (χ3n) is 3.01. The van der Waals surface area contributed by atoms with Crippen LogP contribution in [0, 0.1) is 0 Å². The summed E-state index contributed by atoms with van der Waals surface area (Å²) >= 11 is 0. The zero-order valence-corrected chi connectivity index (χ0v) is 9.58. The summed E-state index contributed by atoms with van der Waals surface area (Å²) in [7, 11) is 0. The highest BCUT2D eigenvalue weighted by molar-refractivity contribution is 5.14. The molecule has 1 aromatic heterocycles. The Bertz CT molecular complexity index is 473. The fourth-order valence-corrected chi connectivity index (χ4v) is 2.11. The van der Waals surface area contributed by atoms with Gasteiger partial charge in [-0.05, 0) is 30.2 Å². The zero-order valence-electron chi connectivity index (χ0n) is 9.58. The molecule has 0 amide bonds. The summed E-state index contributed by atoms with van der Waals surface area (Å²) in [6, 6.07) is 10.5. The van der Waals surface area contributed by atoms with Crippen LogP contribution in [-0.4, -0.2) is 26.8 Å². The molecule has 0 spiro atoms. The van der Waals surface area contributed by atoms with Gasteiger partial charge in [-0.2, -0.15) is 4.80 Å². The minimum Gasteiger partial charge on any atom is -0.307 e. The topological polar surface area (TPSA) is 55.6 Å². The molecule has 0 bridgehead atoms. The Morgan fingerprint density at radius 3 is 2.94 bits per heavy atom. The Balaban J connectivity index is 1.72. The van der Waals surface area contributed by atoms with Gasteiger partial charge >= 0.3 is 0 Å². The molecule has 1 aliphatic rings. The van der Waals surface area contributed by atoms with E-state index in [9.17, 15) is 0 Å². The summed E-state index contributed by atoms with van der Waals surface area (Å²) in [5.74, 6) is 0.818. The number of nitrogens with one attached hydrogen (secondary N) is 1. The van der Waals surface area contributed by atoms with Crippen LogP contribution in [0.15, 0.2) is 30.3 Å². The van der Waals surface area contributed by atoms with E-state index in [1.54, 1.807) is 4.80 Å². The number of hydrogen-bond donors (Lipinski definition) is 1. The second-order valence-electron chi connectivity index (χ2n) is 4.31. The van der Waals surface area contributed by atoms with Gasteiger partial charge in [0.25, 0.3) is 0 Å². The first-order valence-corrected chi connectivity index (χ1v) is 5.97. The van der Waals surface area contributed by atoms with Crippen molar-refractivity contribution in [2.24, 2.45) is 0 Å². The van der Waals surface area contributed by atoms with Crippen LogP contribution in [0.5, 0.6) is 0 Å². The molecule has 88 valence electrons. The van der Waals surface area contributed by atoms with Gasteiger partial charge in [0.1, 0.15) is 0 Å². The standard InChI is InChI=1S/C12H15N5/c1-2-5-10(6-3-1)9-17-15-12(14-16-17)11-7-4-8-13-11/h1-3,5-6,11,13H,4,7-9H2/t11-/m0/s1. The molecule has 5 nitrogen and oxygen atoms in total. The van der Waals surface area contributed by atoms with Crippen molar-refractivity contribution in [3.05, 3.63) is 41.7 Å². The Labute approximate surface area is 99.8 Å². The third-order valence-corrected chi connectivity index (χ3v) is 3.01. The molecule has 0 saturated carbocycles. The monoisotopic (exact) mass is 229 g/mol. The average molecular weight is 229 g/mol. The number of benzene rings is 1. The molecule has 0 unspecified atom stereocenters. The Kier molecular flexibility index (Phi) is 2.83. The Hall–Kier alpha value is -1.75. The molecule has 17 heavy (non-hydrogen) atoms. The maximum atomic E-state index is 4.42. The van der Waals surface area contributed by atoms with Crippen LogP contribution in [0.1, 0.15) is 30.3 Å². The largest absolute Gasteiger partial charge is 0.307 e. The van der Waals surface area contributed by atoms with Gasteiger partial charge in [0.2, 0.25) is 0 Å². The molecule has 2 heterocycles. The maximum Gasteiger partial charge on any atom is 0.191 e. The number of aromatic nitrogens is 4. The smallest absolute Gasteiger partial charge is 0.191 e. The van der Waals surface area contributed by atoms with Crippen LogP contribution < -0.4 is 5.32 Å². The lowest BCUT2D eigenvalue weighted by atomic mass is 10.2. The molecule has 0 radical (unpaired) electrons. The van der Waals surface area contributed by atoms with Crippen molar-refractivity contribution in [3.63, 3.8) is 0 Å². The fraction of sp³-hybridized carbons (Fsp3) is 0.417. The van der Waals surface area contributed by atoms with Crippen LogP contribution in [0.25, 0.3) is 0 Å². The summed E-state index contributed by atoms with van der Waals surface area (Å²) in [6.45, 7) is 1.73. The highest BCUT2D eigenvalue weighted by atomic mass is 15.6. The first kappa shape index (κ1) is 10.4. The Morgan fingerprint density at radius 1 is 1.29 bits per heavy atom. The molecule has 1 atom stereocenters. The first-order valence-electron chi connectivity index (χ1n) is 5.97. The van der Waals surface area contributed by atoms with Gasteiger partial charge in [-0.1, -0.05) is 30.3 Å². The SMILES string of the molecule is c1ccc(Cn2nnc([C@@H]3CCCN3)n2)cc1. The highest BCUT2D eigenvalue weighted by Crippen LogP contribution is 2.18. The van der Waals surface area contributed by atoms with E-state index in [1.165, 1.54) is 12.0 Å². The lowest BCUT2D eigenvalue weighted by molar-refractivity contribution is 0.557.